The molecule has 1 aromatic rings. The topological polar surface area (TPSA) is 58.4 Å². The highest BCUT2D eigenvalue weighted by Crippen LogP contribution is 2.39. The predicted octanol–water partition coefficient (Wildman–Crippen LogP) is 1.43. The van der Waals surface area contributed by atoms with Crippen LogP contribution in [-0.2, 0) is 11.8 Å². The maximum atomic E-state index is 12.9. The van der Waals surface area contributed by atoms with Gasteiger partial charge in [0.2, 0.25) is 5.91 Å². The van der Waals surface area contributed by atoms with Crippen LogP contribution < -0.4 is 0 Å². The normalized spacial score (nSPS) is 28.4. The van der Waals surface area contributed by atoms with E-state index in [1.165, 1.54) is 0 Å². The summed E-state index contributed by atoms with van der Waals surface area (Å²) >= 11 is 0. The van der Waals surface area contributed by atoms with Gasteiger partial charge in [-0.25, -0.2) is 0 Å². The largest absolute Gasteiger partial charge is 0.335 e. The van der Waals surface area contributed by atoms with E-state index in [-0.39, 0.29) is 23.4 Å². The van der Waals surface area contributed by atoms with E-state index in [0.29, 0.717) is 5.69 Å². The van der Waals surface area contributed by atoms with Crippen molar-refractivity contribution in [3.8, 4) is 0 Å². The SMILES string of the molecule is CC(=O)N1CCC[C@@H]2N(C(=O)c3ccnn3C)CCC[C@@]21C. The Bertz CT molecular complexity index is 597. The molecule has 3 rings (SSSR count). The molecule has 0 unspecified atom stereocenters. The molecule has 2 saturated heterocycles. The van der Waals surface area contributed by atoms with Gasteiger partial charge in [-0.3, -0.25) is 14.3 Å². The Kier molecular flexibility index (Phi) is 3.70. The van der Waals surface area contributed by atoms with Crippen LogP contribution in [0.5, 0.6) is 0 Å². The fourth-order valence-electron chi connectivity index (χ4n) is 4.24. The molecule has 1 aromatic heterocycles. The van der Waals surface area contributed by atoms with E-state index < -0.39 is 0 Å². The maximum absolute atomic E-state index is 12.9. The fraction of sp³-hybridized carbons (Fsp3) is 0.688. The minimum Gasteiger partial charge on any atom is -0.335 e. The van der Waals surface area contributed by atoms with Crippen LogP contribution in [-0.4, -0.2) is 56.1 Å². The van der Waals surface area contributed by atoms with Gasteiger partial charge >= 0.3 is 0 Å². The Balaban J connectivity index is 1.92. The van der Waals surface area contributed by atoms with E-state index in [9.17, 15) is 9.59 Å². The fourth-order valence-corrected chi connectivity index (χ4v) is 4.24. The van der Waals surface area contributed by atoms with Gasteiger partial charge in [0.1, 0.15) is 5.69 Å². The van der Waals surface area contributed by atoms with E-state index in [0.717, 1.165) is 38.8 Å². The molecule has 2 aliphatic rings. The molecule has 0 saturated carbocycles. The molecule has 22 heavy (non-hydrogen) atoms. The van der Waals surface area contributed by atoms with Gasteiger partial charge in [-0.05, 0) is 38.7 Å². The monoisotopic (exact) mass is 304 g/mol. The highest BCUT2D eigenvalue weighted by molar-refractivity contribution is 5.93. The van der Waals surface area contributed by atoms with Crippen molar-refractivity contribution in [3.63, 3.8) is 0 Å². The summed E-state index contributed by atoms with van der Waals surface area (Å²) in [7, 11) is 1.79. The van der Waals surface area contributed by atoms with Gasteiger partial charge in [0.15, 0.2) is 0 Å². The molecule has 0 radical (unpaired) electrons. The van der Waals surface area contributed by atoms with Gasteiger partial charge in [0.25, 0.3) is 5.91 Å². The second-order valence-electron chi connectivity index (χ2n) is 6.63. The molecular formula is C16H24N4O2. The van der Waals surface area contributed by atoms with Crippen molar-refractivity contribution in [1.29, 1.82) is 0 Å². The van der Waals surface area contributed by atoms with Gasteiger partial charge in [0.05, 0.1) is 11.6 Å². The zero-order valence-electron chi connectivity index (χ0n) is 13.6. The van der Waals surface area contributed by atoms with Crippen molar-refractivity contribution in [1.82, 2.24) is 19.6 Å². The van der Waals surface area contributed by atoms with Crippen LogP contribution >= 0.6 is 0 Å². The molecule has 0 spiro atoms. The van der Waals surface area contributed by atoms with Crippen LogP contribution in [0.3, 0.4) is 0 Å². The summed E-state index contributed by atoms with van der Waals surface area (Å²) in [5.74, 6) is 0.142. The summed E-state index contributed by atoms with van der Waals surface area (Å²) in [4.78, 5) is 28.9. The Morgan fingerprint density at radius 3 is 2.73 bits per heavy atom. The third-order valence-corrected chi connectivity index (χ3v) is 5.33. The van der Waals surface area contributed by atoms with E-state index in [2.05, 4.69) is 12.0 Å². The van der Waals surface area contributed by atoms with Gasteiger partial charge in [0, 0.05) is 33.3 Å². The molecule has 3 heterocycles. The standard InChI is InChI=1S/C16H24N4O2/c1-12(21)20-11-4-6-14-16(20,2)8-5-10-19(14)15(22)13-7-9-17-18(13)3/h7,9,14H,4-6,8,10-11H2,1-3H3/t14-,16-/m0/s1. The number of carbonyl (C=O) groups excluding carboxylic acids is 2. The van der Waals surface area contributed by atoms with Crippen LogP contribution in [0.1, 0.15) is 50.0 Å². The minimum absolute atomic E-state index is 0.0290. The highest BCUT2D eigenvalue weighted by Gasteiger charge is 2.49. The van der Waals surface area contributed by atoms with E-state index >= 15 is 0 Å². The summed E-state index contributed by atoms with van der Waals surface area (Å²) in [6.07, 6.45) is 5.46. The summed E-state index contributed by atoms with van der Waals surface area (Å²) in [5, 5.41) is 4.10. The number of rotatable bonds is 1. The van der Waals surface area contributed by atoms with Crippen LogP contribution in [0.25, 0.3) is 0 Å². The Labute approximate surface area is 131 Å². The van der Waals surface area contributed by atoms with E-state index in [1.807, 2.05) is 9.80 Å². The average Bonchev–Trinajstić information content (AvgIpc) is 2.90. The number of hydrogen-bond acceptors (Lipinski definition) is 3. The smallest absolute Gasteiger partial charge is 0.272 e. The minimum atomic E-state index is -0.239. The number of likely N-dealkylation sites (tertiary alicyclic amines) is 2. The summed E-state index contributed by atoms with van der Waals surface area (Å²) in [6, 6.07) is 1.86. The lowest BCUT2D eigenvalue weighted by molar-refractivity contribution is -0.143. The third kappa shape index (κ3) is 2.21. The van der Waals surface area contributed by atoms with Crippen LogP contribution in [0.4, 0.5) is 0 Å². The lowest BCUT2D eigenvalue weighted by Crippen LogP contribution is -2.68. The molecule has 0 aromatic carbocycles. The van der Waals surface area contributed by atoms with Crippen molar-refractivity contribution in [3.05, 3.63) is 18.0 Å². The maximum Gasteiger partial charge on any atom is 0.272 e. The number of carbonyl (C=O) groups is 2. The molecule has 0 bridgehead atoms. The Morgan fingerprint density at radius 2 is 2.09 bits per heavy atom. The molecule has 120 valence electrons. The number of fused-ring (bicyclic) bond motifs is 1. The van der Waals surface area contributed by atoms with Crippen molar-refractivity contribution in [2.24, 2.45) is 7.05 Å². The second-order valence-corrected chi connectivity index (χ2v) is 6.63. The molecule has 2 atom stereocenters. The van der Waals surface area contributed by atoms with Gasteiger partial charge in [-0.1, -0.05) is 0 Å². The van der Waals surface area contributed by atoms with Gasteiger partial charge in [-0.15, -0.1) is 0 Å². The van der Waals surface area contributed by atoms with Crippen molar-refractivity contribution < 1.29 is 9.59 Å². The molecule has 2 aliphatic heterocycles. The zero-order valence-corrected chi connectivity index (χ0v) is 13.6. The number of nitrogens with zero attached hydrogens (tertiary/aromatic N) is 4. The van der Waals surface area contributed by atoms with Crippen LogP contribution in [0.2, 0.25) is 0 Å². The van der Waals surface area contributed by atoms with E-state index in [4.69, 9.17) is 0 Å². The van der Waals surface area contributed by atoms with Crippen molar-refractivity contribution >= 4 is 11.8 Å². The second kappa shape index (κ2) is 5.41. The summed E-state index contributed by atoms with van der Waals surface area (Å²) in [5.41, 5.74) is 0.376. The van der Waals surface area contributed by atoms with Crippen LogP contribution in [0, 0.1) is 0 Å². The van der Waals surface area contributed by atoms with E-state index in [1.54, 1.807) is 30.9 Å². The van der Waals surface area contributed by atoms with Crippen molar-refractivity contribution in [2.75, 3.05) is 13.1 Å². The number of amides is 2. The van der Waals surface area contributed by atoms with Gasteiger partial charge in [-0.2, -0.15) is 5.10 Å². The third-order valence-electron chi connectivity index (χ3n) is 5.33. The first-order chi connectivity index (χ1) is 10.4. The molecular weight excluding hydrogens is 280 g/mol. The summed E-state index contributed by atoms with van der Waals surface area (Å²) in [6.45, 7) is 5.34. The summed E-state index contributed by atoms with van der Waals surface area (Å²) < 4.78 is 1.62. The molecule has 6 heteroatoms. The number of hydrogen-bond donors (Lipinski definition) is 0. The predicted molar refractivity (Wildman–Crippen MR) is 82.3 cm³/mol. The molecule has 2 fully saturated rings. The lowest BCUT2D eigenvalue weighted by atomic mass is 9.76. The molecule has 0 aliphatic carbocycles. The first kappa shape index (κ1) is 15.1. The average molecular weight is 304 g/mol. The zero-order chi connectivity index (χ0) is 15.9. The number of piperidine rings is 2. The Morgan fingerprint density at radius 1 is 1.32 bits per heavy atom. The first-order valence-electron chi connectivity index (χ1n) is 8.02. The van der Waals surface area contributed by atoms with Gasteiger partial charge < -0.3 is 9.80 Å². The quantitative estimate of drug-likeness (QED) is 0.788. The molecule has 0 N–H and O–H groups in total. The van der Waals surface area contributed by atoms with Crippen molar-refractivity contribution in [2.45, 2.75) is 51.1 Å². The molecule has 2 amide bonds. The highest BCUT2D eigenvalue weighted by atomic mass is 16.2. The first-order valence-corrected chi connectivity index (χ1v) is 8.02. The Hall–Kier alpha value is -1.85. The molecule has 6 nitrogen and oxygen atoms in total. The van der Waals surface area contributed by atoms with Crippen LogP contribution in [0.15, 0.2) is 12.3 Å². The number of aryl methyl sites for hydroxylation is 1. The lowest BCUT2D eigenvalue weighted by Gasteiger charge is -2.56. The number of aromatic nitrogens is 2.